The number of rotatable bonds is 9. The molecule has 1 atom stereocenters. The third-order valence-corrected chi connectivity index (χ3v) is 5.91. The zero-order valence-electron chi connectivity index (χ0n) is 15.9. The smallest absolute Gasteiger partial charge is 0.237 e. The van der Waals surface area contributed by atoms with Crippen LogP contribution in [0.2, 0.25) is 10.0 Å². The van der Waals surface area contributed by atoms with Gasteiger partial charge in [0.15, 0.2) is 0 Å². The maximum absolute atomic E-state index is 12.7. The van der Waals surface area contributed by atoms with Gasteiger partial charge in [0.25, 0.3) is 0 Å². The van der Waals surface area contributed by atoms with Crippen molar-refractivity contribution in [2.24, 2.45) is 0 Å². The Morgan fingerprint density at radius 2 is 1.86 bits per heavy atom. The van der Waals surface area contributed by atoms with Gasteiger partial charge in [-0.25, -0.2) is 0 Å². The molecule has 0 bridgehead atoms. The number of nitrogens with one attached hydrogen (secondary N) is 2. The highest BCUT2D eigenvalue weighted by atomic mass is 35.5. The topological polar surface area (TPSA) is 58.2 Å². The molecule has 7 heteroatoms. The lowest BCUT2D eigenvalue weighted by molar-refractivity contribution is -0.116. The molecular formula is C21H24Cl2N2O2S. The Labute approximate surface area is 180 Å². The maximum Gasteiger partial charge on any atom is 0.237 e. The van der Waals surface area contributed by atoms with E-state index in [1.807, 2.05) is 31.2 Å². The van der Waals surface area contributed by atoms with Gasteiger partial charge in [-0.15, -0.1) is 11.8 Å². The van der Waals surface area contributed by atoms with E-state index in [1.165, 1.54) is 11.8 Å². The second-order valence-electron chi connectivity index (χ2n) is 6.31. The zero-order valence-corrected chi connectivity index (χ0v) is 18.3. The SMILES string of the molecule is CCCCC(=O)Nc1cccc(SC(CC)C(=O)Nc2ccc(Cl)cc2Cl)c1. The van der Waals surface area contributed by atoms with E-state index in [-0.39, 0.29) is 17.1 Å². The lowest BCUT2D eigenvalue weighted by atomic mass is 10.2. The highest BCUT2D eigenvalue weighted by Gasteiger charge is 2.19. The predicted octanol–water partition coefficient (Wildman–Crippen LogP) is 6.63. The second kappa shape index (κ2) is 11.3. The number of amides is 2. The van der Waals surface area contributed by atoms with Crippen molar-refractivity contribution in [3.63, 3.8) is 0 Å². The molecule has 0 aliphatic heterocycles. The van der Waals surface area contributed by atoms with Crippen molar-refractivity contribution in [1.29, 1.82) is 0 Å². The van der Waals surface area contributed by atoms with Gasteiger partial charge < -0.3 is 10.6 Å². The van der Waals surface area contributed by atoms with Crippen LogP contribution in [0.3, 0.4) is 0 Å². The minimum absolute atomic E-state index is 0.00571. The molecule has 0 heterocycles. The van der Waals surface area contributed by atoms with Crippen LogP contribution < -0.4 is 10.6 Å². The Morgan fingerprint density at radius 1 is 1.07 bits per heavy atom. The number of unbranched alkanes of at least 4 members (excludes halogenated alkanes) is 1. The molecule has 0 saturated heterocycles. The molecule has 0 aliphatic carbocycles. The van der Waals surface area contributed by atoms with Crippen LogP contribution in [-0.4, -0.2) is 17.1 Å². The number of carbonyl (C=O) groups is 2. The van der Waals surface area contributed by atoms with Crippen molar-refractivity contribution in [2.45, 2.75) is 49.7 Å². The first kappa shape index (κ1) is 22.6. The number of anilines is 2. The van der Waals surface area contributed by atoms with E-state index in [9.17, 15) is 9.59 Å². The average Bonchev–Trinajstić information content (AvgIpc) is 2.66. The molecule has 0 radical (unpaired) electrons. The lowest BCUT2D eigenvalue weighted by Crippen LogP contribution is -2.24. The first-order valence-corrected chi connectivity index (χ1v) is 10.9. The first-order chi connectivity index (χ1) is 13.4. The molecule has 2 aromatic rings. The van der Waals surface area contributed by atoms with E-state index in [1.54, 1.807) is 18.2 Å². The van der Waals surface area contributed by atoms with Gasteiger partial charge >= 0.3 is 0 Å². The Hall–Kier alpha value is -1.69. The van der Waals surface area contributed by atoms with Crippen LogP contribution in [0.25, 0.3) is 0 Å². The maximum atomic E-state index is 12.7. The van der Waals surface area contributed by atoms with Crippen molar-refractivity contribution in [1.82, 2.24) is 0 Å². The number of hydrogen-bond donors (Lipinski definition) is 2. The fraction of sp³-hybridized carbons (Fsp3) is 0.333. The second-order valence-corrected chi connectivity index (χ2v) is 8.43. The Morgan fingerprint density at radius 3 is 2.54 bits per heavy atom. The predicted molar refractivity (Wildman–Crippen MR) is 120 cm³/mol. The third-order valence-electron chi connectivity index (χ3n) is 4.01. The van der Waals surface area contributed by atoms with E-state index >= 15 is 0 Å². The monoisotopic (exact) mass is 438 g/mol. The highest BCUT2D eigenvalue weighted by molar-refractivity contribution is 8.00. The molecule has 0 spiro atoms. The van der Waals surface area contributed by atoms with Crippen molar-refractivity contribution in [2.75, 3.05) is 10.6 Å². The van der Waals surface area contributed by atoms with Crippen molar-refractivity contribution < 1.29 is 9.59 Å². The zero-order chi connectivity index (χ0) is 20.5. The number of thioether (sulfide) groups is 1. The van der Waals surface area contributed by atoms with Gasteiger partial charge in [-0.1, -0.05) is 49.5 Å². The highest BCUT2D eigenvalue weighted by Crippen LogP contribution is 2.30. The van der Waals surface area contributed by atoms with Crippen molar-refractivity contribution >= 4 is 58.2 Å². The minimum Gasteiger partial charge on any atom is -0.326 e. The third kappa shape index (κ3) is 7.04. The van der Waals surface area contributed by atoms with Gasteiger partial charge in [0.2, 0.25) is 11.8 Å². The van der Waals surface area contributed by atoms with Crippen LogP contribution in [-0.2, 0) is 9.59 Å². The molecule has 2 rings (SSSR count). The number of carbonyl (C=O) groups excluding carboxylic acids is 2. The summed E-state index contributed by atoms with van der Waals surface area (Å²) in [6, 6.07) is 12.5. The molecular weight excluding hydrogens is 415 g/mol. The summed E-state index contributed by atoms with van der Waals surface area (Å²) < 4.78 is 0. The normalized spacial score (nSPS) is 11.7. The number of halogens is 2. The Kier molecular flexibility index (Phi) is 9.16. The molecule has 2 N–H and O–H groups in total. The van der Waals surface area contributed by atoms with Gasteiger partial charge in [-0.2, -0.15) is 0 Å². The van der Waals surface area contributed by atoms with E-state index in [0.717, 1.165) is 23.4 Å². The summed E-state index contributed by atoms with van der Waals surface area (Å²) in [6.07, 6.45) is 3.00. The van der Waals surface area contributed by atoms with Crippen LogP contribution >= 0.6 is 35.0 Å². The van der Waals surface area contributed by atoms with Crippen LogP contribution in [0, 0.1) is 0 Å². The summed E-state index contributed by atoms with van der Waals surface area (Å²) in [5, 5.41) is 6.39. The van der Waals surface area contributed by atoms with Crippen molar-refractivity contribution in [3.8, 4) is 0 Å². The van der Waals surface area contributed by atoms with E-state index in [0.29, 0.717) is 28.6 Å². The average molecular weight is 439 g/mol. The molecule has 0 saturated carbocycles. The van der Waals surface area contributed by atoms with Gasteiger partial charge in [0.1, 0.15) is 0 Å². The molecule has 2 amide bonds. The fourth-order valence-electron chi connectivity index (χ4n) is 2.50. The molecule has 28 heavy (non-hydrogen) atoms. The molecule has 0 aliphatic rings. The molecule has 150 valence electrons. The van der Waals surface area contributed by atoms with Crippen LogP contribution in [0.4, 0.5) is 11.4 Å². The standard InChI is InChI=1S/C21H24Cl2N2O2S/c1-3-5-9-20(26)24-15-7-6-8-16(13-15)28-19(4-2)21(27)25-18-11-10-14(22)12-17(18)23/h6-8,10-13,19H,3-5,9H2,1-2H3,(H,24,26)(H,25,27). The van der Waals surface area contributed by atoms with Crippen LogP contribution in [0.15, 0.2) is 47.4 Å². The molecule has 2 aromatic carbocycles. The van der Waals surface area contributed by atoms with E-state index in [2.05, 4.69) is 17.6 Å². The van der Waals surface area contributed by atoms with E-state index in [4.69, 9.17) is 23.2 Å². The van der Waals surface area contributed by atoms with Crippen molar-refractivity contribution in [3.05, 3.63) is 52.5 Å². The van der Waals surface area contributed by atoms with E-state index < -0.39 is 0 Å². The summed E-state index contributed by atoms with van der Waals surface area (Å²) in [5.74, 6) is -0.125. The minimum atomic E-state index is -0.294. The summed E-state index contributed by atoms with van der Waals surface area (Å²) in [7, 11) is 0. The van der Waals surface area contributed by atoms with Gasteiger partial charge in [0.05, 0.1) is 16.0 Å². The van der Waals surface area contributed by atoms with Crippen LogP contribution in [0.1, 0.15) is 39.5 Å². The quantitative estimate of drug-likeness (QED) is 0.431. The molecule has 1 unspecified atom stereocenters. The molecule has 4 nitrogen and oxygen atoms in total. The largest absolute Gasteiger partial charge is 0.326 e. The summed E-state index contributed by atoms with van der Waals surface area (Å²) in [4.78, 5) is 25.5. The fourth-order valence-corrected chi connectivity index (χ4v) is 3.97. The van der Waals surface area contributed by atoms with Gasteiger partial charge in [-0.05, 0) is 49.2 Å². The lowest BCUT2D eigenvalue weighted by Gasteiger charge is -2.16. The Bertz CT molecular complexity index is 830. The van der Waals surface area contributed by atoms with Gasteiger partial charge in [-0.3, -0.25) is 9.59 Å². The number of benzene rings is 2. The summed E-state index contributed by atoms with van der Waals surface area (Å²) in [6.45, 7) is 4.01. The van der Waals surface area contributed by atoms with Gasteiger partial charge in [0, 0.05) is 22.0 Å². The van der Waals surface area contributed by atoms with Crippen LogP contribution in [0.5, 0.6) is 0 Å². The number of hydrogen-bond acceptors (Lipinski definition) is 3. The summed E-state index contributed by atoms with van der Waals surface area (Å²) in [5.41, 5.74) is 1.27. The summed E-state index contributed by atoms with van der Waals surface area (Å²) >= 11 is 13.5. The molecule has 0 aromatic heterocycles. The Balaban J connectivity index is 2.02. The molecule has 0 fully saturated rings. The first-order valence-electron chi connectivity index (χ1n) is 9.25.